The SMILES string of the molecule is NC1=NC2C(NC[N@@+]23C[C@]32O[C@H](COP(=O)(O)OP(=O)(O)OP(=O)(O)O)C3(OO3)[C@H]2O)C(=O)N1. The van der Waals surface area contributed by atoms with Crippen molar-refractivity contribution < 1.29 is 75.3 Å². The van der Waals surface area contributed by atoms with Crippen LogP contribution in [0.2, 0.25) is 0 Å². The molecule has 4 saturated heterocycles. The summed E-state index contributed by atoms with van der Waals surface area (Å²) in [7, 11) is -16.7. The summed E-state index contributed by atoms with van der Waals surface area (Å²) in [5.74, 6) is -2.39. The van der Waals surface area contributed by atoms with Crippen LogP contribution >= 0.6 is 23.5 Å². The van der Waals surface area contributed by atoms with Gasteiger partial charge in [0, 0.05) is 0 Å². The summed E-state index contributed by atoms with van der Waals surface area (Å²) >= 11 is 0. The van der Waals surface area contributed by atoms with E-state index in [0.717, 1.165) is 0 Å². The molecule has 3 spiro atoms. The van der Waals surface area contributed by atoms with Crippen molar-refractivity contribution in [1.82, 2.24) is 10.6 Å². The second kappa shape index (κ2) is 7.33. The molecule has 0 aliphatic carbocycles. The summed E-state index contributed by atoms with van der Waals surface area (Å²) in [4.78, 5) is 62.3. The van der Waals surface area contributed by atoms with Gasteiger partial charge in [-0.3, -0.25) is 20.0 Å². The van der Waals surface area contributed by atoms with Gasteiger partial charge in [0.2, 0.25) is 18.2 Å². The topological polar surface area (TPSA) is 294 Å². The Morgan fingerprint density at radius 2 is 1.85 bits per heavy atom. The molecule has 0 aromatic heterocycles. The Hall–Kier alpha value is -0.890. The molecule has 0 bridgehead atoms. The van der Waals surface area contributed by atoms with Crippen LogP contribution in [0.25, 0.3) is 0 Å². The Bertz CT molecular complexity index is 1110. The third-order valence-corrected chi connectivity index (χ3v) is 9.85. The molecule has 192 valence electrons. The van der Waals surface area contributed by atoms with Gasteiger partial charge in [0.25, 0.3) is 17.4 Å². The Labute approximate surface area is 188 Å². The van der Waals surface area contributed by atoms with Gasteiger partial charge in [0.05, 0.1) is 6.61 Å². The summed E-state index contributed by atoms with van der Waals surface area (Å²) in [6, 6.07) is -0.770. The maximum Gasteiger partial charge on any atom is 0.490 e. The second-order valence-corrected chi connectivity index (χ2v) is 12.5. The highest BCUT2D eigenvalue weighted by atomic mass is 31.3. The smallest absolute Gasteiger partial charge is 0.379 e. The average Bonchev–Trinajstić information content (AvgIpc) is 3.50. The molecule has 4 unspecified atom stereocenters. The number of quaternary nitrogens is 1. The molecular weight excluding hydrogens is 535 g/mol. The summed E-state index contributed by atoms with van der Waals surface area (Å²) in [5, 5.41) is 16.3. The first-order chi connectivity index (χ1) is 15.6. The van der Waals surface area contributed by atoms with E-state index in [0.29, 0.717) is 0 Å². The molecule has 0 radical (unpaired) electrons. The number of carbonyl (C=O) groups excluding carboxylic acids is 1. The number of fused-ring (bicyclic) bond motifs is 3. The van der Waals surface area contributed by atoms with E-state index in [9.17, 15) is 33.4 Å². The molecule has 0 aromatic carbocycles. The molecule has 5 aliphatic rings. The minimum Gasteiger partial charge on any atom is -0.379 e. The number of nitrogens with zero attached hydrogens (tertiary/aromatic N) is 2. The molecule has 4 fully saturated rings. The maximum atomic E-state index is 12.2. The van der Waals surface area contributed by atoms with E-state index in [2.05, 4.69) is 28.8 Å². The molecule has 1 amide bonds. The fraction of sp³-hybridized carbons (Fsp3) is 0.818. The van der Waals surface area contributed by atoms with Gasteiger partial charge in [0.15, 0.2) is 18.7 Å². The number of nitrogens with two attached hydrogens (primary N) is 1. The van der Waals surface area contributed by atoms with Crippen molar-refractivity contribution in [3.05, 3.63) is 0 Å². The molecule has 5 heterocycles. The lowest BCUT2D eigenvalue weighted by Crippen LogP contribution is -2.58. The Morgan fingerprint density at radius 1 is 1.18 bits per heavy atom. The van der Waals surface area contributed by atoms with E-state index in [1.165, 1.54) is 0 Å². The lowest BCUT2D eigenvalue weighted by molar-refractivity contribution is -0.861. The Balaban J connectivity index is 1.30. The number of amides is 1. The number of rotatable bonds is 7. The number of ether oxygens (including phenoxy) is 1. The predicted octanol–water partition coefficient (Wildman–Crippen LogP) is -4.03. The molecular formula is C11H19N5O15P3+. The highest BCUT2D eigenvalue weighted by molar-refractivity contribution is 7.66. The van der Waals surface area contributed by atoms with Gasteiger partial charge in [-0.1, -0.05) is 0 Å². The largest absolute Gasteiger partial charge is 0.490 e. The lowest BCUT2D eigenvalue weighted by Gasteiger charge is -2.27. The maximum absolute atomic E-state index is 12.2. The van der Waals surface area contributed by atoms with Crippen LogP contribution in [0.15, 0.2) is 4.99 Å². The van der Waals surface area contributed by atoms with Gasteiger partial charge < -0.3 is 35.2 Å². The van der Waals surface area contributed by atoms with Gasteiger partial charge in [0.1, 0.15) is 6.67 Å². The number of aliphatic imine (C=N–C) groups is 1. The zero-order chi connectivity index (χ0) is 24.9. The Morgan fingerprint density at radius 3 is 2.47 bits per heavy atom. The minimum atomic E-state index is -5.72. The Kier molecular flexibility index (Phi) is 5.34. The zero-order valence-corrected chi connectivity index (χ0v) is 19.2. The third-order valence-electron chi connectivity index (χ3n) is 6.05. The van der Waals surface area contributed by atoms with Crippen molar-refractivity contribution in [1.29, 1.82) is 0 Å². The van der Waals surface area contributed by atoms with Crippen molar-refractivity contribution >= 4 is 35.3 Å². The number of aliphatic hydroxyl groups excluding tert-OH is 1. The van der Waals surface area contributed by atoms with Crippen molar-refractivity contribution in [3.8, 4) is 0 Å². The van der Waals surface area contributed by atoms with E-state index in [1.54, 1.807) is 0 Å². The summed E-state index contributed by atoms with van der Waals surface area (Å²) < 4.78 is 51.9. The lowest BCUT2D eigenvalue weighted by atomic mass is 10.0. The van der Waals surface area contributed by atoms with Gasteiger partial charge in [-0.15, -0.1) is 0 Å². The van der Waals surface area contributed by atoms with Crippen LogP contribution < -0.4 is 16.4 Å². The number of nitrogens with one attached hydrogen (secondary N) is 2. The second-order valence-electron chi connectivity index (χ2n) is 8.08. The number of aliphatic hydroxyl groups is 1. The van der Waals surface area contributed by atoms with Crippen LogP contribution in [0.3, 0.4) is 0 Å². The minimum absolute atomic E-state index is 0.0901. The van der Waals surface area contributed by atoms with E-state index in [1.807, 2.05) is 0 Å². The van der Waals surface area contributed by atoms with E-state index < -0.39 is 71.9 Å². The molecule has 5 rings (SSSR count). The van der Waals surface area contributed by atoms with Crippen LogP contribution in [-0.2, 0) is 46.1 Å². The fourth-order valence-electron chi connectivity index (χ4n) is 4.63. The van der Waals surface area contributed by atoms with Crippen LogP contribution in [0.4, 0.5) is 0 Å². The number of phosphoric acid groups is 3. The number of phosphoric ester groups is 1. The monoisotopic (exact) mass is 554 g/mol. The normalized spacial score (nSPS) is 43.3. The number of hydrogen-bond donors (Lipinski definition) is 8. The molecule has 0 aromatic rings. The summed E-state index contributed by atoms with van der Waals surface area (Å²) in [5.41, 5.74) is 4.23. The molecule has 9 N–H and O–H groups in total. The quantitative estimate of drug-likeness (QED) is 0.0643. The number of carbonyl (C=O) groups is 1. The van der Waals surface area contributed by atoms with Crippen LogP contribution in [0, 0.1) is 0 Å². The average molecular weight is 554 g/mol. The molecule has 8 atom stereocenters. The van der Waals surface area contributed by atoms with E-state index >= 15 is 0 Å². The molecule has 0 saturated carbocycles. The molecule has 20 nitrogen and oxygen atoms in total. The summed E-state index contributed by atoms with van der Waals surface area (Å²) in [6.07, 6.45) is -3.64. The highest BCUT2D eigenvalue weighted by Crippen LogP contribution is 2.67. The van der Waals surface area contributed by atoms with Crippen molar-refractivity contribution in [2.45, 2.75) is 35.9 Å². The number of guanidine groups is 1. The van der Waals surface area contributed by atoms with Crippen molar-refractivity contribution in [2.24, 2.45) is 10.7 Å². The molecule has 5 aliphatic heterocycles. The standard InChI is InChI=1S/C11H18N5O15P3/c12-9-14-6-5(7(17)15-9)13-3-16(6)2-10(16)8(18)11(28-29-11)4(27-10)1-26-33(22,23)31-34(24,25)30-32(19,20)21/h4-6,8,13,18H,1-3H2,(H6-,12,14,15,17,19,20,21,22,23,24,25)/p+1/t4-,5?,6?,8+,10-,16+/m1/s1. The zero-order valence-electron chi connectivity index (χ0n) is 16.6. The van der Waals surface area contributed by atoms with Gasteiger partial charge in [-0.05, 0) is 0 Å². The first-order valence-electron chi connectivity index (χ1n) is 9.30. The number of hydrogen-bond acceptors (Lipinski definition) is 14. The van der Waals surface area contributed by atoms with Crippen LogP contribution in [-0.4, -0.2) is 96.8 Å². The first-order valence-corrected chi connectivity index (χ1v) is 13.8. The van der Waals surface area contributed by atoms with E-state index in [-0.39, 0.29) is 23.7 Å². The third kappa shape index (κ3) is 3.80. The fourth-order valence-corrected chi connectivity index (χ4v) is 7.65. The molecule has 23 heteroatoms. The van der Waals surface area contributed by atoms with Gasteiger partial charge in [-0.25, -0.2) is 18.2 Å². The van der Waals surface area contributed by atoms with Crippen LogP contribution in [0.5, 0.6) is 0 Å². The first kappa shape index (κ1) is 24.8. The van der Waals surface area contributed by atoms with Crippen molar-refractivity contribution in [3.63, 3.8) is 0 Å². The predicted molar refractivity (Wildman–Crippen MR) is 98.8 cm³/mol. The van der Waals surface area contributed by atoms with Gasteiger partial charge in [-0.2, -0.15) is 23.4 Å². The highest BCUT2D eigenvalue weighted by Gasteiger charge is 2.92. The van der Waals surface area contributed by atoms with Crippen molar-refractivity contribution in [2.75, 3.05) is 19.8 Å². The van der Waals surface area contributed by atoms with Crippen LogP contribution in [0.1, 0.15) is 0 Å². The molecule has 34 heavy (non-hydrogen) atoms. The van der Waals surface area contributed by atoms with E-state index in [4.69, 9.17) is 30.0 Å². The van der Waals surface area contributed by atoms with Gasteiger partial charge >= 0.3 is 23.5 Å². The summed E-state index contributed by atoms with van der Waals surface area (Å²) in [6.45, 7) is -0.655.